The number of nitriles is 1. The Labute approximate surface area is 165 Å². The third-order valence-electron chi connectivity index (χ3n) is 3.82. The second-order valence-corrected chi connectivity index (χ2v) is 7.06. The summed E-state index contributed by atoms with van der Waals surface area (Å²) >= 11 is 7.40. The lowest BCUT2D eigenvalue weighted by Crippen LogP contribution is -2.13. The predicted molar refractivity (Wildman–Crippen MR) is 107 cm³/mol. The number of anilines is 1. The molecule has 0 aliphatic carbocycles. The maximum atomic E-state index is 13.8. The third kappa shape index (κ3) is 4.68. The fraction of sp³-hybridized carbons (Fsp3) is 0.0476. The number of carbonyl (C=O) groups excluding carboxylic acids is 1. The van der Waals surface area contributed by atoms with Crippen molar-refractivity contribution in [2.24, 2.45) is 0 Å². The molecule has 0 saturated heterocycles. The second-order valence-electron chi connectivity index (χ2n) is 5.64. The van der Waals surface area contributed by atoms with Crippen LogP contribution in [0, 0.1) is 17.1 Å². The third-order valence-corrected chi connectivity index (χ3v) is 5.26. The number of halogens is 2. The zero-order valence-corrected chi connectivity index (χ0v) is 15.7. The lowest BCUT2D eigenvalue weighted by atomic mass is 10.2. The molecule has 1 N–H and O–H groups in total. The van der Waals surface area contributed by atoms with Gasteiger partial charge in [0.15, 0.2) is 0 Å². The van der Waals surface area contributed by atoms with E-state index in [1.807, 2.05) is 18.2 Å². The molecule has 0 aliphatic heterocycles. The lowest BCUT2D eigenvalue weighted by molar-refractivity contribution is 0.102. The van der Waals surface area contributed by atoms with Crippen molar-refractivity contribution in [1.82, 2.24) is 0 Å². The first kappa shape index (κ1) is 19.0. The highest BCUT2D eigenvalue weighted by Crippen LogP contribution is 2.28. The highest BCUT2D eigenvalue weighted by Gasteiger charge is 2.13. The SMILES string of the molecule is N#Cc1ccc(NC(=O)c2ccccc2SCc2ccccc2F)cc1Cl. The summed E-state index contributed by atoms with van der Waals surface area (Å²) in [5, 5.41) is 12.0. The van der Waals surface area contributed by atoms with E-state index in [4.69, 9.17) is 16.9 Å². The molecule has 0 atom stereocenters. The molecule has 3 rings (SSSR count). The lowest BCUT2D eigenvalue weighted by Gasteiger charge is -2.11. The summed E-state index contributed by atoms with van der Waals surface area (Å²) in [4.78, 5) is 13.4. The Balaban J connectivity index is 1.77. The summed E-state index contributed by atoms with van der Waals surface area (Å²) in [6, 6.07) is 20.4. The number of hydrogen-bond donors (Lipinski definition) is 1. The van der Waals surface area contributed by atoms with Gasteiger partial charge in [0, 0.05) is 16.3 Å². The molecule has 0 fully saturated rings. The smallest absolute Gasteiger partial charge is 0.256 e. The first-order valence-electron chi connectivity index (χ1n) is 8.04. The van der Waals surface area contributed by atoms with Crippen molar-refractivity contribution < 1.29 is 9.18 Å². The molecular formula is C21H14ClFN2OS. The summed E-state index contributed by atoms with van der Waals surface area (Å²) < 4.78 is 13.8. The van der Waals surface area contributed by atoms with E-state index in [0.29, 0.717) is 28.1 Å². The van der Waals surface area contributed by atoms with Crippen LogP contribution in [-0.2, 0) is 5.75 Å². The van der Waals surface area contributed by atoms with Gasteiger partial charge < -0.3 is 5.32 Å². The monoisotopic (exact) mass is 396 g/mol. The maximum Gasteiger partial charge on any atom is 0.256 e. The molecule has 0 heterocycles. The average molecular weight is 397 g/mol. The fourth-order valence-electron chi connectivity index (χ4n) is 2.43. The minimum absolute atomic E-state index is 0.265. The highest BCUT2D eigenvalue weighted by molar-refractivity contribution is 7.98. The molecule has 1 amide bonds. The summed E-state index contributed by atoms with van der Waals surface area (Å²) in [7, 11) is 0. The van der Waals surface area contributed by atoms with Gasteiger partial charge in [-0.1, -0.05) is 41.9 Å². The van der Waals surface area contributed by atoms with Crippen LogP contribution in [0.1, 0.15) is 21.5 Å². The normalized spacial score (nSPS) is 10.3. The molecule has 0 unspecified atom stereocenters. The van der Waals surface area contributed by atoms with Gasteiger partial charge in [0.05, 0.1) is 16.1 Å². The van der Waals surface area contributed by atoms with Crippen LogP contribution >= 0.6 is 23.4 Å². The van der Waals surface area contributed by atoms with E-state index in [1.54, 1.807) is 42.5 Å². The van der Waals surface area contributed by atoms with Crippen molar-refractivity contribution >= 4 is 35.0 Å². The molecule has 27 heavy (non-hydrogen) atoms. The molecule has 3 aromatic carbocycles. The van der Waals surface area contributed by atoms with Gasteiger partial charge in [0.25, 0.3) is 5.91 Å². The van der Waals surface area contributed by atoms with E-state index in [9.17, 15) is 9.18 Å². The Morgan fingerprint density at radius 1 is 1.11 bits per heavy atom. The minimum Gasteiger partial charge on any atom is -0.322 e. The number of rotatable bonds is 5. The molecule has 0 radical (unpaired) electrons. The molecule has 3 aromatic rings. The van der Waals surface area contributed by atoms with Gasteiger partial charge >= 0.3 is 0 Å². The number of hydrogen-bond acceptors (Lipinski definition) is 3. The highest BCUT2D eigenvalue weighted by atomic mass is 35.5. The Morgan fingerprint density at radius 2 is 1.85 bits per heavy atom. The Hall–Kier alpha value is -2.81. The van der Waals surface area contributed by atoms with E-state index >= 15 is 0 Å². The molecule has 0 aromatic heterocycles. The number of carbonyl (C=O) groups is 1. The maximum absolute atomic E-state index is 13.8. The van der Waals surface area contributed by atoms with E-state index < -0.39 is 0 Å². The standard InChI is InChI=1S/C21H14ClFN2OS/c22-18-11-16(10-9-14(18)12-24)25-21(26)17-6-2-4-8-20(17)27-13-15-5-1-3-7-19(15)23/h1-11H,13H2,(H,25,26). The van der Waals surface area contributed by atoms with Crippen molar-refractivity contribution in [3.63, 3.8) is 0 Å². The molecule has 6 heteroatoms. The van der Waals surface area contributed by atoms with Crippen molar-refractivity contribution in [3.05, 3.63) is 94.3 Å². The van der Waals surface area contributed by atoms with Gasteiger partial charge in [0.2, 0.25) is 0 Å². The number of nitrogens with one attached hydrogen (secondary N) is 1. The topological polar surface area (TPSA) is 52.9 Å². The Kier molecular flexibility index (Phi) is 6.12. The molecule has 134 valence electrons. The van der Waals surface area contributed by atoms with Crippen LogP contribution in [-0.4, -0.2) is 5.91 Å². The van der Waals surface area contributed by atoms with E-state index in [2.05, 4.69) is 5.32 Å². The second kappa shape index (κ2) is 8.72. The van der Waals surface area contributed by atoms with Crippen molar-refractivity contribution in [1.29, 1.82) is 5.26 Å². The minimum atomic E-state index is -0.299. The van der Waals surface area contributed by atoms with Gasteiger partial charge in [-0.15, -0.1) is 11.8 Å². The van der Waals surface area contributed by atoms with Crippen LogP contribution in [0.3, 0.4) is 0 Å². The van der Waals surface area contributed by atoms with Crippen LogP contribution in [0.4, 0.5) is 10.1 Å². The van der Waals surface area contributed by atoms with Crippen LogP contribution in [0.25, 0.3) is 0 Å². The predicted octanol–water partition coefficient (Wildman–Crippen LogP) is 5.90. The van der Waals surface area contributed by atoms with Crippen LogP contribution < -0.4 is 5.32 Å². The van der Waals surface area contributed by atoms with Gasteiger partial charge in [0.1, 0.15) is 11.9 Å². The summed E-state index contributed by atoms with van der Waals surface area (Å²) in [5.41, 5.74) is 1.91. The van der Waals surface area contributed by atoms with Crippen LogP contribution in [0.5, 0.6) is 0 Å². The molecular weight excluding hydrogens is 383 g/mol. The first-order valence-corrected chi connectivity index (χ1v) is 9.41. The van der Waals surface area contributed by atoms with E-state index in [0.717, 1.165) is 4.90 Å². The van der Waals surface area contributed by atoms with Crippen LogP contribution in [0.2, 0.25) is 5.02 Å². The molecule has 0 aliphatic rings. The molecule has 3 nitrogen and oxygen atoms in total. The zero-order chi connectivity index (χ0) is 19.2. The Bertz CT molecular complexity index is 1030. The number of amides is 1. The fourth-order valence-corrected chi connectivity index (χ4v) is 3.69. The first-order chi connectivity index (χ1) is 13.1. The number of thioether (sulfide) groups is 1. The molecule has 0 saturated carbocycles. The largest absolute Gasteiger partial charge is 0.322 e. The molecule has 0 spiro atoms. The van der Waals surface area contributed by atoms with Crippen molar-refractivity contribution in [3.8, 4) is 6.07 Å². The van der Waals surface area contributed by atoms with Gasteiger partial charge in [-0.05, 0) is 42.0 Å². The summed E-state index contributed by atoms with van der Waals surface area (Å²) in [5.74, 6) is -0.147. The van der Waals surface area contributed by atoms with Crippen molar-refractivity contribution in [2.75, 3.05) is 5.32 Å². The Morgan fingerprint density at radius 3 is 2.59 bits per heavy atom. The summed E-state index contributed by atoms with van der Waals surface area (Å²) in [6.07, 6.45) is 0. The van der Waals surface area contributed by atoms with E-state index in [-0.39, 0.29) is 16.7 Å². The summed E-state index contributed by atoms with van der Waals surface area (Å²) in [6.45, 7) is 0. The van der Waals surface area contributed by atoms with Gasteiger partial charge in [-0.25, -0.2) is 4.39 Å². The van der Waals surface area contributed by atoms with Crippen LogP contribution in [0.15, 0.2) is 71.6 Å². The van der Waals surface area contributed by atoms with Gasteiger partial charge in [-0.2, -0.15) is 5.26 Å². The van der Waals surface area contributed by atoms with Gasteiger partial charge in [-0.3, -0.25) is 4.79 Å². The van der Waals surface area contributed by atoms with Crippen molar-refractivity contribution in [2.45, 2.75) is 10.6 Å². The average Bonchev–Trinajstić information content (AvgIpc) is 2.68. The number of nitrogens with zero attached hydrogens (tertiary/aromatic N) is 1. The quantitative estimate of drug-likeness (QED) is 0.546. The molecule has 0 bridgehead atoms. The zero-order valence-electron chi connectivity index (χ0n) is 14.1. The number of benzene rings is 3. The van der Waals surface area contributed by atoms with E-state index in [1.165, 1.54) is 23.9 Å².